The first kappa shape index (κ1) is 14.3. The summed E-state index contributed by atoms with van der Waals surface area (Å²) in [6.07, 6.45) is 11.1. The summed E-state index contributed by atoms with van der Waals surface area (Å²) in [5.74, 6) is 1.48. The van der Waals surface area contributed by atoms with Crippen molar-refractivity contribution < 1.29 is 10.2 Å². The van der Waals surface area contributed by atoms with Crippen LogP contribution >= 0.6 is 0 Å². The molecule has 2 rings (SSSR count). The third kappa shape index (κ3) is 3.48. The first-order valence-corrected chi connectivity index (χ1v) is 8.08. The summed E-state index contributed by atoms with van der Waals surface area (Å²) >= 11 is 0. The molecule has 0 aromatic rings. The summed E-state index contributed by atoms with van der Waals surface area (Å²) in [7, 11) is 0. The molecule has 0 aliphatic heterocycles. The van der Waals surface area contributed by atoms with Gasteiger partial charge in [-0.3, -0.25) is 0 Å². The van der Waals surface area contributed by atoms with Crippen LogP contribution in [0.1, 0.15) is 71.1 Å². The first-order chi connectivity index (χ1) is 8.72. The van der Waals surface area contributed by atoms with Crippen LogP contribution in [0.5, 0.6) is 0 Å². The van der Waals surface area contributed by atoms with E-state index in [1.165, 1.54) is 38.5 Å². The van der Waals surface area contributed by atoms with E-state index in [2.05, 4.69) is 6.92 Å². The molecule has 0 bridgehead atoms. The molecule has 2 saturated carbocycles. The average molecular weight is 254 g/mol. The highest BCUT2D eigenvalue weighted by Crippen LogP contribution is 2.36. The summed E-state index contributed by atoms with van der Waals surface area (Å²) in [5.41, 5.74) is 0. The molecule has 0 aromatic heterocycles. The monoisotopic (exact) mass is 254 g/mol. The van der Waals surface area contributed by atoms with Crippen LogP contribution in [0, 0.1) is 17.8 Å². The third-order valence-electron chi connectivity index (χ3n) is 5.37. The fourth-order valence-corrected chi connectivity index (χ4v) is 4.05. The molecule has 4 unspecified atom stereocenters. The molecule has 2 fully saturated rings. The molecule has 2 aliphatic rings. The minimum atomic E-state index is -0.470. The molecule has 0 aromatic carbocycles. The van der Waals surface area contributed by atoms with Crippen LogP contribution in [-0.2, 0) is 0 Å². The lowest BCUT2D eigenvalue weighted by Gasteiger charge is -2.37. The maximum Gasteiger partial charge on any atom is 0.0830 e. The normalized spacial score (nSPS) is 34.2. The van der Waals surface area contributed by atoms with Gasteiger partial charge in [-0.1, -0.05) is 45.4 Å². The molecule has 2 N–H and O–H groups in total. The van der Waals surface area contributed by atoms with Gasteiger partial charge in [0.05, 0.1) is 12.2 Å². The van der Waals surface area contributed by atoms with Gasteiger partial charge >= 0.3 is 0 Å². The van der Waals surface area contributed by atoms with Gasteiger partial charge in [0.25, 0.3) is 0 Å². The van der Waals surface area contributed by atoms with Crippen LogP contribution in [0.2, 0.25) is 0 Å². The molecular weight excluding hydrogens is 224 g/mol. The summed E-state index contributed by atoms with van der Waals surface area (Å²) in [5, 5.41) is 20.9. The topological polar surface area (TPSA) is 40.5 Å². The van der Waals surface area contributed by atoms with E-state index in [1.807, 2.05) is 0 Å². The van der Waals surface area contributed by atoms with E-state index in [0.29, 0.717) is 11.8 Å². The number of aliphatic hydroxyl groups is 2. The number of aliphatic hydroxyl groups excluding tert-OH is 2. The van der Waals surface area contributed by atoms with Gasteiger partial charge in [0, 0.05) is 0 Å². The van der Waals surface area contributed by atoms with Gasteiger partial charge in [-0.2, -0.15) is 0 Å². The van der Waals surface area contributed by atoms with Crippen molar-refractivity contribution in [3.05, 3.63) is 0 Å². The Hall–Kier alpha value is -0.0800. The maximum absolute atomic E-state index is 10.5. The number of hydrogen-bond acceptors (Lipinski definition) is 2. The van der Waals surface area contributed by atoms with E-state index < -0.39 is 12.2 Å². The van der Waals surface area contributed by atoms with E-state index in [0.717, 1.165) is 31.6 Å². The summed E-state index contributed by atoms with van der Waals surface area (Å²) in [6, 6.07) is 0. The summed E-state index contributed by atoms with van der Waals surface area (Å²) in [6.45, 7) is 2.25. The molecule has 0 amide bonds. The summed E-state index contributed by atoms with van der Waals surface area (Å²) in [4.78, 5) is 0. The Kier molecular flexibility index (Phi) is 5.50. The molecule has 0 heterocycles. The second-order valence-electron chi connectivity index (χ2n) is 6.58. The lowest BCUT2D eigenvalue weighted by Crippen LogP contribution is -2.41. The Morgan fingerprint density at radius 1 is 0.833 bits per heavy atom. The van der Waals surface area contributed by atoms with Gasteiger partial charge in [-0.05, 0) is 43.4 Å². The van der Waals surface area contributed by atoms with Crippen LogP contribution in [0.15, 0.2) is 0 Å². The van der Waals surface area contributed by atoms with Crippen LogP contribution in [-0.4, -0.2) is 22.4 Å². The van der Waals surface area contributed by atoms with Crippen LogP contribution in [0.3, 0.4) is 0 Å². The van der Waals surface area contributed by atoms with E-state index in [4.69, 9.17) is 0 Å². The van der Waals surface area contributed by atoms with Gasteiger partial charge in [-0.15, -0.1) is 0 Å². The van der Waals surface area contributed by atoms with Crippen LogP contribution < -0.4 is 0 Å². The Morgan fingerprint density at radius 2 is 1.44 bits per heavy atom. The van der Waals surface area contributed by atoms with Gasteiger partial charge in [0.15, 0.2) is 0 Å². The van der Waals surface area contributed by atoms with Crippen molar-refractivity contribution in [2.24, 2.45) is 17.8 Å². The zero-order chi connectivity index (χ0) is 13.0. The Labute approximate surface area is 112 Å². The van der Waals surface area contributed by atoms with Crippen molar-refractivity contribution in [3.8, 4) is 0 Å². The molecule has 0 spiro atoms. The third-order valence-corrected chi connectivity index (χ3v) is 5.37. The van der Waals surface area contributed by atoms with Crippen molar-refractivity contribution in [1.29, 1.82) is 0 Å². The van der Waals surface area contributed by atoms with Gasteiger partial charge in [-0.25, -0.2) is 0 Å². The van der Waals surface area contributed by atoms with Gasteiger partial charge in [0.1, 0.15) is 0 Å². The highest BCUT2D eigenvalue weighted by Gasteiger charge is 2.34. The Morgan fingerprint density at radius 3 is 2.11 bits per heavy atom. The largest absolute Gasteiger partial charge is 0.390 e. The zero-order valence-corrected chi connectivity index (χ0v) is 11.9. The minimum Gasteiger partial charge on any atom is -0.390 e. The number of rotatable bonds is 4. The zero-order valence-electron chi connectivity index (χ0n) is 11.9. The second kappa shape index (κ2) is 6.91. The molecule has 0 radical (unpaired) electrons. The smallest absolute Gasteiger partial charge is 0.0830 e. The molecule has 2 aliphatic carbocycles. The lowest BCUT2D eigenvalue weighted by molar-refractivity contribution is -0.0668. The molecule has 18 heavy (non-hydrogen) atoms. The van der Waals surface area contributed by atoms with E-state index >= 15 is 0 Å². The van der Waals surface area contributed by atoms with Crippen molar-refractivity contribution in [2.45, 2.75) is 83.3 Å². The van der Waals surface area contributed by atoms with E-state index in [9.17, 15) is 10.2 Å². The highest BCUT2D eigenvalue weighted by atomic mass is 16.3. The quantitative estimate of drug-likeness (QED) is 0.806. The molecule has 2 heteroatoms. The Bertz CT molecular complexity index is 233. The second-order valence-corrected chi connectivity index (χ2v) is 6.58. The van der Waals surface area contributed by atoms with Crippen LogP contribution in [0.4, 0.5) is 0 Å². The highest BCUT2D eigenvalue weighted by molar-refractivity contribution is 4.86. The maximum atomic E-state index is 10.5. The van der Waals surface area contributed by atoms with Crippen molar-refractivity contribution in [1.82, 2.24) is 0 Å². The summed E-state index contributed by atoms with van der Waals surface area (Å²) < 4.78 is 0. The predicted molar refractivity (Wildman–Crippen MR) is 74.3 cm³/mol. The SMILES string of the molecule is CCC1CCCC(C(O)C(O)C2CCCCC2)C1. The van der Waals surface area contributed by atoms with Crippen molar-refractivity contribution in [3.63, 3.8) is 0 Å². The minimum absolute atomic E-state index is 0.348. The lowest BCUT2D eigenvalue weighted by atomic mass is 9.73. The molecule has 4 atom stereocenters. The van der Waals surface area contributed by atoms with E-state index in [-0.39, 0.29) is 0 Å². The Balaban J connectivity index is 1.86. The standard InChI is InChI=1S/C16H30O2/c1-2-12-7-6-10-14(11-12)16(18)15(17)13-8-4-3-5-9-13/h12-18H,2-11H2,1H3. The predicted octanol–water partition coefficient (Wildman–Crippen LogP) is 3.50. The van der Waals surface area contributed by atoms with E-state index in [1.54, 1.807) is 0 Å². The first-order valence-electron chi connectivity index (χ1n) is 8.08. The van der Waals surface area contributed by atoms with Gasteiger partial charge < -0.3 is 10.2 Å². The van der Waals surface area contributed by atoms with Gasteiger partial charge in [0.2, 0.25) is 0 Å². The molecule has 0 saturated heterocycles. The van der Waals surface area contributed by atoms with Crippen molar-refractivity contribution >= 4 is 0 Å². The number of hydrogen-bond donors (Lipinski definition) is 2. The van der Waals surface area contributed by atoms with Crippen LogP contribution in [0.25, 0.3) is 0 Å². The average Bonchev–Trinajstić information content (AvgIpc) is 2.46. The van der Waals surface area contributed by atoms with Crippen molar-refractivity contribution in [2.75, 3.05) is 0 Å². The molecular formula is C16H30O2. The molecule has 106 valence electrons. The molecule has 2 nitrogen and oxygen atoms in total. The fraction of sp³-hybridized carbons (Fsp3) is 1.00. The fourth-order valence-electron chi connectivity index (χ4n) is 4.05.